The van der Waals surface area contributed by atoms with Crippen LogP contribution in [0.15, 0.2) is 11.9 Å². The Labute approximate surface area is 172 Å². The zero-order valence-corrected chi connectivity index (χ0v) is 20.9. The molecular weight excluding hydrogens is 372 g/mol. The highest BCUT2D eigenvalue weighted by Crippen LogP contribution is 2.43. The van der Waals surface area contributed by atoms with Gasteiger partial charge in [0.2, 0.25) is 0 Å². The monoisotopic (exact) mass is 412 g/mol. The molecule has 28 heavy (non-hydrogen) atoms. The van der Waals surface area contributed by atoms with Gasteiger partial charge in [-0.15, -0.1) is 0 Å². The fourth-order valence-corrected chi connectivity index (χ4v) is 4.11. The molecule has 0 saturated carbocycles. The number of carbonyl (C=O) groups excluding carboxylic acids is 2. The van der Waals surface area contributed by atoms with Crippen LogP contribution < -0.4 is 0 Å². The number of carbonyl (C=O) groups is 2. The third-order valence-electron chi connectivity index (χ3n) is 5.50. The molecular formula is C21H40N2O4Si. The highest BCUT2D eigenvalue weighted by Gasteiger charge is 2.51. The summed E-state index contributed by atoms with van der Waals surface area (Å²) in [6.45, 7) is 20.4. The van der Waals surface area contributed by atoms with E-state index in [1.807, 2.05) is 48.7 Å². The Kier molecular flexibility index (Phi) is 6.90. The molecule has 0 aromatic rings. The van der Waals surface area contributed by atoms with Gasteiger partial charge in [0.25, 0.3) is 0 Å². The van der Waals surface area contributed by atoms with Crippen LogP contribution in [0.25, 0.3) is 0 Å². The number of likely N-dealkylation sites (tertiary alicyclic amines) is 1. The van der Waals surface area contributed by atoms with Crippen molar-refractivity contribution in [1.82, 2.24) is 9.80 Å². The minimum atomic E-state index is -2.14. The number of hydrogen-bond donors (Lipinski definition) is 0. The predicted octanol–water partition coefficient (Wildman–Crippen LogP) is 4.63. The predicted molar refractivity (Wildman–Crippen MR) is 116 cm³/mol. The van der Waals surface area contributed by atoms with Crippen molar-refractivity contribution in [3.05, 3.63) is 11.9 Å². The van der Waals surface area contributed by atoms with E-state index in [1.165, 1.54) is 4.90 Å². The molecule has 0 spiro atoms. The molecule has 0 aromatic heterocycles. The molecule has 0 radical (unpaired) electrons. The van der Waals surface area contributed by atoms with Crippen LogP contribution >= 0.6 is 0 Å². The van der Waals surface area contributed by atoms with Gasteiger partial charge in [-0.2, -0.15) is 0 Å². The van der Waals surface area contributed by atoms with E-state index in [0.717, 1.165) is 0 Å². The number of Topliss-reactive ketones (excluding diaryl/α,β-unsaturated/α-hetero) is 1. The van der Waals surface area contributed by atoms with Gasteiger partial charge in [0, 0.05) is 20.3 Å². The van der Waals surface area contributed by atoms with Gasteiger partial charge in [-0.05, 0) is 52.8 Å². The van der Waals surface area contributed by atoms with Gasteiger partial charge in [-0.3, -0.25) is 9.69 Å². The summed E-state index contributed by atoms with van der Waals surface area (Å²) in [7, 11) is 1.53. The number of rotatable bonds is 3. The summed E-state index contributed by atoms with van der Waals surface area (Å²) in [4.78, 5) is 29.5. The first-order chi connectivity index (χ1) is 12.3. The zero-order chi connectivity index (χ0) is 22.3. The maximum Gasteiger partial charge on any atom is 0.415 e. The Morgan fingerprint density at radius 3 is 2.07 bits per heavy atom. The summed E-state index contributed by atoms with van der Waals surface area (Å²) in [5, 5.41) is 0.00261. The molecule has 1 aliphatic rings. The number of ketones is 1. The minimum absolute atomic E-state index is 0.00261. The second-order valence-electron chi connectivity index (χ2n) is 11.0. The molecule has 1 rings (SSSR count). The first kappa shape index (κ1) is 24.7. The van der Waals surface area contributed by atoms with E-state index in [-0.39, 0.29) is 10.8 Å². The van der Waals surface area contributed by atoms with Gasteiger partial charge in [0.1, 0.15) is 11.3 Å². The summed E-state index contributed by atoms with van der Waals surface area (Å²) in [5.41, 5.74) is -1.04. The Bertz CT molecular complexity index is 640. The summed E-state index contributed by atoms with van der Waals surface area (Å²) >= 11 is 0. The largest absolute Gasteiger partial charge is 0.443 e. The van der Waals surface area contributed by atoms with Crippen molar-refractivity contribution in [3.8, 4) is 0 Å². The molecule has 0 N–H and O–H groups in total. The molecule has 0 aliphatic carbocycles. The van der Waals surface area contributed by atoms with Gasteiger partial charge in [-0.1, -0.05) is 20.8 Å². The molecule has 1 heterocycles. The standard InChI is InChI=1S/C21H40N2O4Si/c1-19(2,3)26-18(25)23-14-16(27-28(11,12)20(4,5)6)21(7,8)17(24)15(23)13-22(9)10/h13,16H,14H2,1-12H3/b15-13+. The molecule has 1 fully saturated rings. The van der Waals surface area contributed by atoms with Crippen molar-refractivity contribution in [1.29, 1.82) is 0 Å². The lowest BCUT2D eigenvalue weighted by atomic mass is 9.77. The molecule has 0 bridgehead atoms. The number of allylic oxidation sites excluding steroid dienone is 1. The fourth-order valence-electron chi connectivity index (χ4n) is 2.67. The Hall–Kier alpha value is -1.34. The average molecular weight is 413 g/mol. The van der Waals surface area contributed by atoms with Crippen molar-refractivity contribution >= 4 is 20.2 Å². The number of hydrogen-bond acceptors (Lipinski definition) is 5. The van der Waals surface area contributed by atoms with Gasteiger partial charge in [0.05, 0.1) is 18.1 Å². The van der Waals surface area contributed by atoms with E-state index >= 15 is 0 Å². The maximum absolute atomic E-state index is 13.4. The second-order valence-corrected chi connectivity index (χ2v) is 15.7. The molecule has 0 aromatic carbocycles. The lowest BCUT2D eigenvalue weighted by molar-refractivity contribution is -0.135. The lowest BCUT2D eigenvalue weighted by Crippen LogP contribution is -2.60. The van der Waals surface area contributed by atoms with Gasteiger partial charge in [-0.25, -0.2) is 4.79 Å². The number of ether oxygens (including phenoxy) is 1. The second kappa shape index (κ2) is 7.82. The highest BCUT2D eigenvalue weighted by atomic mass is 28.4. The van der Waals surface area contributed by atoms with Crippen molar-refractivity contribution < 1.29 is 18.8 Å². The van der Waals surface area contributed by atoms with Crippen molar-refractivity contribution in [2.75, 3.05) is 20.6 Å². The quantitative estimate of drug-likeness (QED) is 0.500. The average Bonchev–Trinajstić information content (AvgIpc) is 2.43. The first-order valence-corrected chi connectivity index (χ1v) is 12.8. The Morgan fingerprint density at radius 2 is 1.68 bits per heavy atom. The molecule has 1 amide bonds. The van der Waals surface area contributed by atoms with E-state index in [4.69, 9.17) is 9.16 Å². The van der Waals surface area contributed by atoms with Crippen molar-refractivity contribution in [3.63, 3.8) is 0 Å². The summed E-state index contributed by atoms with van der Waals surface area (Å²) in [5.74, 6) is -0.109. The molecule has 7 heteroatoms. The number of amides is 1. The van der Waals surface area contributed by atoms with Crippen LogP contribution in [0.2, 0.25) is 18.1 Å². The topological polar surface area (TPSA) is 59.1 Å². The van der Waals surface area contributed by atoms with Gasteiger partial charge in [0.15, 0.2) is 14.1 Å². The first-order valence-electron chi connectivity index (χ1n) is 9.91. The maximum atomic E-state index is 13.4. The number of piperidine rings is 1. The smallest absolute Gasteiger partial charge is 0.415 e. The summed E-state index contributed by atoms with van der Waals surface area (Å²) in [6.07, 6.45) is 0.775. The van der Waals surface area contributed by atoms with E-state index < -0.39 is 31.5 Å². The lowest BCUT2D eigenvalue weighted by Gasteiger charge is -2.48. The van der Waals surface area contributed by atoms with E-state index in [1.54, 1.807) is 11.1 Å². The molecule has 162 valence electrons. The van der Waals surface area contributed by atoms with E-state index in [2.05, 4.69) is 33.9 Å². The van der Waals surface area contributed by atoms with Gasteiger partial charge < -0.3 is 14.1 Å². The molecule has 1 saturated heterocycles. The molecule has 1 unspecified atom stereocenters. The van der Waals surface area contributed by atoms with Crippen molar-refractivity contribution in [2.24, 2.45) is 5.41 Å². The molecule has 1 aliphatic heterocycles. The summed E-state index contributed by atoms with van der Waals surface area (Å²) in [6, 6.07) is 0. The normalized spacial score (nSPS) is 22.4. The van der Waals surface area contributed by atoms with Crippen LogP contribution in [0, 0.1) is 5.41 Å². The van der Waals surface area contributed by atoms with Crippen LogP contribution in [0.3, 0.4) is 0 Å². The van der Waals surface area contributed by atoms with Crippen LogP contribution in [0.4, 0.5) is 4.79 Å². The molecule has 1 atom stereocenters. The SMILES string of the molecule is CN(C)/C=C1\C(=O)C(C)(C)C(O[Si](C)(C)C(C)(C)C)CN1C(=O)OC(C)(C)C. The van der Waals surface area contributed by atoms with Crippen LogP contribution in [-0.4, -0.2) is 62.3 Å². The third kappa shape index (κ3) is 5.60. The van der Waals surface area contributed by atoms with Crippen LogP contribution in [0.1, 0.15) is 55.4 Å². The van der Waals surface area contributed by atoms with Crippen molar-refractivity contribution in [2.45, 2.75) is 85.2 Å². The third-order valence-corrected chi connectivity index (χ3v) is 9.99. The van der Waals surface area contributed by atoms with E-state index in [9.17, 15) is 9.59 Å². The summed E-state index contributed by atoms with van der Waals surface area (Å²) < 4.78 is 12.2. The number of nitrogens with zero attached hydrogens (tertiary/aromatic N) is 2. The van der Waals surface area contributed by atoms with Crippen LogP contribution in [0.5, 0.6) is 0 Å². The zero-order valence-electron chi connectivity index (χ0n) is 19.9. The van der Waals surface area contributed by atoms with Crippen LogP contribution in [-0.2, 0) is 14.0 Å². The Morgan fingerprint density at radius 1 is 1.18 bits per heavy atom. The minimum Gasteiger partial charge on any atom is -0.443 e. The van der Waals surface area contributed by atoms with E-state index in [0.29, 0.717) is 12.2 Å². The highest BCUT2D eigenvalue weighted by molar-refractivity contribution is 6.74. The van der Waals surface area contributed by atoms with Gasteiger partial charge >= 0.3 is 6.09 Å². The fraction of sp³-hybridized carbons (Fsp3) is 0.810. The molecule has 6 nitrogen and oxygen atoms in total. The Balaban J connectivity index is 3.37.